The van der Waals surface area contributed by atoms with Gasteiger partial charge < -0.3 is 10.2 Å². The average molecular weight is 348 g/mol. The largest absolute Gasteiger partial charge is 0.319 e. The minimum absolute atomic E-state index is 0.740. The third-order valence-corrected chi connectivity index (χ3v) is 5.27. The SMILES string of the molecule is CP(=O)(Nc1cccc2cccnc12)Nc1cccc2cccnc12. The molecular weight excluding hydrogens is 331 g/mol. The van der Waals surface area contributed by atoms with Crippen LogP contribution in [0.15, 0.2) is 73.1 Å². The molecule has 0 atom stereocenters. The Morgan fingerprint density at radius 2 is 1.16 bits per heavy atom. The Hall–Kier alpha value is -2.91. The van der Waals surface area contributed by atoms with Crippen LogP contribution in [-0.4, -0.2) is 16.6 Å². The Balaban J connectivity index is 1.69. The Bertz CT molecular complexity index is 1020. The maximum atomic E-state index is 13.2. The highest BCUT2D eigenvalue weighted by atomic mass is 31.2. The van der Waals surface area contributed by atoms with E-state index in [1.165, 1.54) is 0 Å². The van der Waals surface area contributed by atoms with E-state index in [1.54, 1.807) is 19.1 Å². The van der Waals surface area contributed by atoms with Gasteiger partial charge in [0.15, 0.2) is 0 Å². The monoisotopic (exact) mass is 348 g/mol. The fourth-order valence-corrected chi connectivity index (χ4v) is 4.21. The van der Waals surface area contributed by atoms with Crippen LogP contribution in [0, 0.1) is 0 Å². The van der Waals surface area contributed by atoms with Gasteiger partial charge in [0.05, 0.1) is 22.4 Å². The molecule has 0 aliphatic rings. The van der Waals surface area contributed by atoms with Gasteiger partial charge in [-0.1, -0.05) is 36.4 Å². The molecule has 2 aromatic carbocycles. The quantitative estimate of drug-likeness (QED) is 0.501. The highest BCUT2D eigenvalue weighted by molar-refractivity contribution is 7.66. The topological polar surface area (TPSA) is 66.9 Å². The van der Waals surface area contributed by atoms with Crippen LogP contribution < -0.4 is 10.2 Å². The molecule has 5 nitrogen and oxygen atoms in total. The summed E-state index contributed by atoms with van der Waals surface area (Å²) in [6.45, 7) is 1.66. The van der Waals surface area contributed by atoms with Crippen molar-refractivity contribution >= 4 is 40.6 Å². The maximum Gasteiger partial charge on any atom is 0.255 e. The summed E-state index contributed by atoms with van der Waals surface area (Å²) >= 11 is 0. The van der Waals surface area contributed by atoms with Gasteiger partial charge >= 0.3 is 0 Å². The van der Waals surface area contributed by atoms with Crippen molar-refractivity contribution in [2.24, 2.45) is 0 Å². The second-order valence-electron chi connectivity index (χ2n) is 5.91. The van der Waals surface area contributed by atoms with Crippen molar-refractivity contribution in [1.29, 1.82) is 0 Å². The summed E-state index contributed by atoms with van der Waals surface area (Å²) < 4.78 is 13.2. The minimum Gasteiger partial charge on any atom is -0.319 e. The van der Waals surface area contributed by atoms with Crippen LogP contribution in [0.25, 0.3) is 21.8 Å². The lowest BCUT2D eigenvalue weighted by Crippen LogP contribution is -2.06. The van der Waals surface area contributed by atoms with Gasteiger partial charge in [-0.3, -0.25) is 14.5 Å². The molecule has 0 radical (unpaired) electrons. The first kappa shape index (κ1) is 15.6. The number of nitrogens with zero attached hydrogens (tertiary/aromatic N) is 2. The van der Waals surface area contributed by atoms with E-state index >= 15 is 0 Å². The van der Waals surface area contributed by atoms with Gasteiger partial charge in [0, 0.05) is 29.8 Å². The van der Waals surface area contributed by atoms with E-state index in [0.29, 0.717) is 0 Å². The molecule has 6 heteroatoms. The fraction of sp³-hybridized carbons (Fsp3) is 0.0526. The average Bonchev–Trinajstić information content (AvgIpc) is 2.62. The summed E-state index contributed by atoms with van der Waals surface area (Å²) in [5.74, 6) is 0. The van der Waals surface area contributed by atoms with Crippen LogP contribution in [0.3, 0.4) is 0 Å². The van der Waals surface area contributed by atoms with E-state index in [2.05, 4.69) is 20.1 Å². The third-order valence-electron chi connectivity index (χ3n) is 3.93. The van der Waals surface area contributed by atoms with E-state index in [1.807, 2.05) is 60.7 Å². The van der Waals surface area contributed by atoms with Crippen LogP contribution in [0.4, 0.5) is 11.4 Å². The van der Waals surface area contributed by atoms with Crippen molar-refractivity contribution in [1.82, 2.24) is 9.97 Å². The predicted octanol–water partition coefficient (Wildman–Crippen LogP) is 5.13. The first-order valence-electron chi connectivity index (χ1n) is 7.94. The number of nitrogens with one attached hydrogen (secondary N) is 2. The molecule has 4 rings (SSSR count). The van der Waals surface area contributed by atoms with Gasteiger partial charge in [-0.15, -0.1) is 0 Å². The van der Waals surface area contributed by atoms with Gasteiger partial charge in [-0.25, -0.2) is 0 Å². The van der Waals surface area contributed by atoms with E-state index < -0.39 is 7.44 Å². The first-order valence-corrected chi connectivity index (χ1v) is 10.1. The molecule has 0 spiro atoms. The Labute approximate surface area is 145 Å². The molecule has 2 N–H and O–H groups in total. The van der Waals surface area contributed by atoms with Crippen molar-refractivity contribution in [2.45, 2.75) is 0 Å². The number of pyridine rings is 2. The van der Waals surface area contributed by atoms with Crippen molar-refractivity contribution in [3.05, 3.63) is 73.1 Å². The molecule has 2 heterocycles. The molecule has 0 fully saturated rings. The fourth-order valence-electron chi connectivity index (χ4n) is 2.88. The summed E-state index contributed by atoms with van der Waals surface area (Å²) in [4.78, 5) is 8.80. The number of benzene rings is 2. The smallest absolute Gasteiger partial charge is 0.255 e. The van der Waals surface area contributed by atoms with E-state index in [0.717, 1.165) is 33.2 Å². The zero-order valence-corrected chi connectivity index (χ0v) is 14.6. The standard InChI is InChI=1S/C19H17N4OP/c1-25(24,22-16-10-2-6-14-8-4-12-20-18(14)16)23-17-11-3-7-15-9-5-13-21-19(15)17/h2-13H,1H3,(H2,22,23,24). The Kier molecular flexibility index (Phi) is 3.86. The molecular formula is C19H17N4OP. The first-order chi connectivity index (χ1) is 12.1. The van der Waals surface area contributed by atoms with Gasteiger partial charge in [0.25, 0.3) is 7.44 Å². The summed E-state index contributed by atoms with van der Waals surface area (Å²) in [6, 6.07) is 19.3. The van der Waals surface area contributed by atoms with Crippen LogP contribution in [0.2, 0.25) is 0 Å². The lowest BCUT2D eigenvalue weighted by molar-refractivity contribution is 0.585. The zero-order chi connectivity index (χ0) is 17.3. The maximum absolute atomic E-state index is 13.2. The van der Waals surface area contributed by atoms with Crippen LogP contribution in [0.1, 0.15) is 0 Å². The number of hydrogen-bond acceptors (Lipinski definition) is 3. The Morgan fingerprint density at radius 3 is 1.64 bits per heavy atom. The van der Waals surface area contributed by atoms with E-state index in [4.69, 9.17) is 0 Å². The zero-order valence-electron chi connectivity index (χ0n) is 13.7. The van der Waals surface area contributed by atoms with Gasteiger partial charge in [0.1, 0.15) is 0 Å². The lowest BCUT2D eigenvalue weighted by Gasteiger charge is -2.20. The van der Waals surface area contributed by atoms with Crippen LogP contribution in [0.5, 0.6) is 0 Å². The van der Waals surface area contributed by atoms with E-state index in [-0.39, 0.29) is 0 Å². The minimum atomic E-state index is -2.93. The molecule has 0 aliphatic heterocycles. The highest BCUT2D eigenvalue weighted by Crippen LogP contribution is 2.44. The molecule has 25 heavy (non-hydrogen) atoms. The van der Waals surface area contributed by atoms with Crippen molar-refractivity contribution < 1.29 is 4.57 Å². The van der Waals surface area contributed by atoms with Gasteiger partial charge in [-0.2, -0.15) is 0 Å². The molecule has 4 aromatic rings. The second kappa shape index (κ2) is 6.19. The summed E-state index contributed by atoms with van der Waals surface area (Å²) in [5.41, 5.74) is 3.07. The number of fused-ring (bicyclic) bond motifs is 2. The summed E-state index contributed by atoms with van der Waals surface area (Å²) in [5, 5.41) is 8.26. The number of rotatable bonds is 4. The normalized spacial score (nSPS) is 11.6. The van der Waals surface area contributed by atoms with Crippen molar-refractivity contribution in [2.75, 3.05) is 16.8 Å². The summed E-state index contributed by atoms with van der Waals surface area (Å²) in [6.07, 6.45) is 3.46. The molecule has 124 valence electrons. The molecule has 0 aliphatic carbocycles. The van der Waals surface area contributed by atoms with Gasteiger partial charge in [-0.05, 0) is 24.3 Å². The lowest BCUT2D eigenvalue weighted by atomic mass is 10.2. The number of anilines is 2. The van der Waals surface area contributed by atoms with Crippen LogP contribution in [-0.2, 0) is 4.57 Å². The molecule has 0 amide bonds. The van der Waals surface area contributed by atoms with E-state index in [9.17, 15) is 4.57 Å². The number of para-hydroxylation sites is 2. The highest BCUT2D eigenvalue weighted by Gasteiger charge is 2.18. The molecule has 0 saturated heterocycles. The Morgan fingerprint density at radius 1 is 0.720 bits per heavy atom. The third kappa shape index (κ3) is 3.19. The molecule has 0 unspecified atom stereocenters. The van der Waals surface area contributed by atoms with Crippen LogP contribution >= 0.6 is 7.44 Å². The van der Waals surface area contributed by atoms with Gasteiger partial charge in [0.2, 0.25) is 0 Å². The number of aromatic nitrogens is 2. The molecule has 0 saturated carbocycles. The predicted molar refractivity (Wildman–Crippen MR) is 104 cm³/mol. The molecule has 0 bridgehead atoms. The number of hydrogen-bond donors (Lipinski definition) is 2. The molecule has 2 aromatic heterocycles. The van der Waals surface area contributed by atoms with Crippen molar-refractivity contribution in [3.63, 3.8) is 0 Å². The van der Waals surface area contributed by atoms with Crippen molar-refractivity contribution in [3.8, 4) is 0 Å². The second-order valence-corrected chi connectivity index (χ2v) is 8.20. The summed E-state index contributed by atoms with van der Waals surface area (Å²) in [7, 11) is -2.93.